The van der Waals surface area contributed by atoms with Crippen molar-refractivity contribution in [2.75, 3.05) is 20.1 Å². The van der Waals surface area contributed by atoms with E-state index in [1.807, 2.05) is 0 Å². The molecule has 1 saturated carbocycles. The van der Waals surface area contributed by atoms with Crippen LogP contribution >= 0.6 is 0 Å². The molecule has 0 amide bonds. The number of nitrogens with one attached hydrogen (secondary N) is 1. The summed E-state index contributed by atoms with van der Waals surface area (Å²) in [4.78, 5) is 2.64. The second kappa shape index (κ2) is 6.91. The van der Waals surface area contributed by atoms with Gasteiger partial charge in [0.15, 0.2) is 0 Å². The van der Waals surface area contributed by atoms with Crippen molar-refractivity contribution < 1.29 is 0 Å². The van der Waals surface area contributed by atoms with Crippen LogP contribution in [0.3, 0.4) is 0 Å². The van der Waals surface area contributed by atoms with Crippen molar-refractivity contribution in [3.63, 3.8) is 0 Å². The van der Waals surface area contributed by atoms with Gasteiger partial charge in [-0.3, -0.25) is 0 Å². The Labute approximate surface area is 114 Å². The van der Waals surface area contributed by atoms with Crippen molar-refractivity contribution in [2.45, 2.75) is 70.9 Å². The summed E-state index contributed by atoms with van der Waals surface area (Å²) in [7, 11) is 2.34. The molecule has 2 heteroatoms. The molecule has 1 saturated heterocycles. The van der Waals surface area contributed by atoms with Gasteiger partial charge in [-0.2, -0.15) is 0 Å². The highest BCUT2D eigenvalue weighted by Crippen LogP contribution is 2.31. The standard InChI is InChI=1S/C16H32N2/c1-13-7-8-16(12-14(13)2)18(3)11-9-15-6-4-5-10-17-15/h13-17H,4-12H2,1-3H3. The van der Waals surface area contributed by atoms with E-state index in [1.54, 1.807) is 0 Å². The zero-order valence-electron chi connectivity index (χ0n) is 12.6. The van der Waals surface area contributed by atoms with Crippen LogP contribution in [0.2, 0.25) is 0 Å². The summed E-state index contributed by atoms with van der Waals surface area (Å²) in [6, 6.07) is 1.64. The topological polar surface area (TPSA) is 15.3 Å². The highest BCUT2D eigenvalue weighted by molar-refractivity contribution is 4.82. The molecule has 0 bridgehead atoms. The summed E-state index contributed by atoms with van der Waals surface area (Å²) in [6.45, 7) is 7.38. The second-order valence-electron chi connectivity index (χ2n) is 6.84. The van der Waals surface area contributed by atoms with Crippen LogP contribution in [0, 0.1) is 11.8 Å². The Balaban J connectivity index is 1.69. The van der Waals surface area contributed by atoms with Crippen LogP contribution < -0.4 is 5.32 Å². The summed E-state index contributed by atoms with van der Waals surface area (Å²) in [5.74, 6) is 1.86. The van der Waals surface area contributed by atoms with Crippen molar-refractivity contribution in [2.24, 2.45) is 11.8 Å². The molecular formula is C16H32N2. The van der Waals surface area contributed by atoms with Gasteiger partial charge >= 0.3 is 0 Å². The van der Waals surface area contributed by atoms with Gasteiger partial charge in [-0.1, -0.05) is 20.3 Å². The highest BCUT2D eigenvalue weighted by atomic mass is 15.1. The Morgan fingerprint density at radius 2 is 1.89 bits per heavy atom. The molecule has 0 aromatic rings. The maximum atomic E-state index is 3.67. The van der Waals surface area contributed by atoms with Crippen molar-refractivity contribution in [1.29, 1.82) is 0 Å². The molecule has 0 spiro atoms. The van der Waals surface area contributed by atoms with Crippen molar-refractivity contribution >= 4 is 0 Å². The van der Waals surface area contributed by atoms with Crippen LogP contribution in [-0.4, -0.2) is 37.1 Å². The molecule has 0 radical (unpaired) electrons. The molecule has 1 aliphatic heterocycles. The Hall–Kier alpha value is -0.0800. The molecule has 1 aliphatic carbocycles. The van der Waals surface area contributed by atoms with E-state index in [4.69, 9.17) is 0 Å². The molecule has 106 valence electrons. The van der Waals surface area contributed by atoms with Crippen LogP contribution in [0.5, 0.6) is 0 Å². The molecule has 4 atom stereocenters. The first-order valence-corrected chi connectivity index (χ1v) is 8.10. The Morgan fingerprint density at radius 1 is 1.06 bits per heavy atom. The lowest BCUT2D eigenvalue weighted by molar-refractivity contribution is 0.126. The third-order valence-electron chi connectivity index (χ3n) is 5.44. The zero-order valence-corrected chi connectivity index (χ0v) is 12.6. The fourth-order valence-electron chi connectivity index (χ4n) is 3.63. The number of piperidine rings is 1. The molecule has 2 fully saturated rings. The quantitative estimate of drug-likeness (QED) is 0.826. The summed E-state index contributed by atoms with van der Waals surface area (Å²) >= 11 is 0. The van der Waals surface area contributed by atoms with E-state index in [9.17, 15) is 0 Å². The molecule has 1 heterocycles. The van der Waals surface area contributed by atoms with Crippen LogP contribution in [0.1, 0.15) is 58.8 Å². The first-order valence-electron chi connectivity index (χ1n) is 8.10. The van der Waals surface area contributed by atoms with E-state index in [1.165, 1.54) is 58.0 Å². The maximum absolute atomic E-state index is 3.67. The molecular weight excluding hydrogens is 220 g/mol. The largest absolute Gasteiger partial charge is 0.314 e. The molecule has 18 heavy (non-hydrogen) atoms. The first-order chi connectivity index (χ1) is 8.66. The predicted molar refractivity (Wildman–Crippen MR) is 78.9 cm³/mol. The van der Waals surface area contributed by atoms with E-state index >= 15 is 0 Å². The summed E-state index contributed by atoms with van der Waals surface area (Å²) in [5.41, 5.74) is 0. The maximum Gasteiger partial charge on any atom is 0.00949 e. The van der Waals surface area contributed by atoms with Gasteiger partial charge in [0.25, 0.3) is 0 Å². The highest BCUT2D eigenvalue weighted by Gasteiger charge is 2.27. The molecule has 2 nitrogen and oxygen atoms in total. The number of hydrogen-bond donors (Lipinski definition) is 1. The van der Waals surface area contributed by atoms with E-state index in [0.717, 1.165) is 23.9 Å². The minimum absolute atomic E-state index is 0.793. The van der Waals surface area contributed by atoms with Gasteiger partial charge in [0.1, 0.15) is 0 Å². The van der Waals surface area contributed by atoms with Gasteiger partial charge in [0.05, 0.1) is 0 Å². The molecule has 0 aromatic heterocycles. The minimum Gasteiger partial charge on any atom is -0.314 e. The van der Waals surface area contributed by atoms with Gasteiger partial charge in [-0.05, 0) is 70.5 Å². The molecule has 2 rings (SSSR count). The van der Waals surface area contributed by atoms with E-state index < -0.39 is 0 Å². The average Bonchev–Trinajstić information content (AvgIpc) is 2.40. The first kappa shape index (κ1) is 14.3. The summed E-state index contributed by atoms with van der Waals surface area (Å²) in [5, 5.41) is 3.67. The number of hydrogen-bond acceptors (Lipinski definition) is 2. The van der Waals surface area contributed by atoms with Crippen molar-refractivity contribution in [1.82, 2.24) is 10.2 Å². The van der Waals surface area contributed by atoms with Gasteiger partial charge in [0.2, 0.25) is 0 Å². The van der Waals surface area contributed by atoms with E-state index in [-0.39, 0.29) is 0 Å². The van der Waals surface area contributed by atoms with Crippen LogP contribution in [-0.2, 0) is 0 Å². The predicted octanol–water partition coefficient (Wildman–Crippen LogP) is 3.28. The number of rotatable bonds is 4. The zero-order chi connectivity index (χ0) is 13.0. The fraction of sp³-hybridized carbons (Fsp3) is 1.00. The summed E-state index contributed by atoms with van der Waals surface area (Å²) in [6.07, 6.45) is 9.81. The van der Waals surface area contributed by atoms with Crippen LogP contribution in [0.25, 0.3) is 0 Å². The van der Waals surface area contributed by atoms with Gasteiger partial charge in [0, 0.05) is 12.1 Å². The average molecular weight is 252 g/mol. The van der Waals surface area contributed by atoms with Gasteiger partial charge in [-0.25, -0.2) is 0 Å². The molecule has 4 unspecified atom stereocenters. The lowest BCUT2D eigenvalue weighted by Crippen LogP contribution is -2.41. The monoisotopic (exact) mass is 252 g/mol. The van der Waals surface area contributed by atoms with Gasteiger partial charge < -0.3 is 10.2 Å². The van der Waals surface area contributed by atoms with Crippen molar-refractivity contribution in [3.05, 3.63) is 0 Å². The minimum atomic E-state index is 0.793. The SMILES string of the molecule is CC1CCC(N(C)CCC2CCCCN2)CC1C. The third kappa shape index (κ3) is 3.96. The van der Waals surface area contributed by atoms with E-state index in [0.29, 0.717) is 0 Å². The lowest BCUT2D eigenvalue weighted by atomic mass is 9.78. The lowest BCUT2D eigenvalue weighted by Gasteiger charge is -2.38. The molecule has 1 N–H and O–H groups in total. The van der Waals surface area contributed by atoms with Crippen LogP contribution in [0.15, 0.2) is 0 Å². The fourth-order valence-corrected chi connectivity index (χ4v) is 3.63. The molecule has 0 aromatic carbocycles. The summed E-state index contributed by atoms with van der Waals surface area (Å²) < 4.78 is 0. The second-order valence-corrected chi connectivity index (χ2v) is 6.84. The molecule has 2 aliphatic rings. The third-order valence-corrected chi connectivity index (χ3v) is 5.44. The Kier molecular flexibility index (Phi) is 5.50. The number of nitrogens with zero attached hydrogens (tertiary/aromatic N) is 1. The Morgan fingerprint density at radius 3 is 2.56 bits per heavy atom. The van der Waals surface area contributed by atoms with E-state index in [2.05, 4.69) is 31.1 Å². The van der Waals surface area contributed by atoms with Crippen LogP contribution in [0.4, 0.5) is 0 Å². The van der Waals surface area contributed by atoms with Crippen molar-refractivity contribution in [3.8, 4) is 0 Å². The Bertz CT molecular complexity index is 235. The normalized spacial score (nSPS) is 38.0. The smallest absolute Gasteiger partial charge is 0.00949 e. The van der Waals surface area contributed by atoms with Gasteiger partial charge in [-0.15, -0.1) is 0 Å².